The van der Waals surface area contributed by atoms with Gasteiger partial charge in [0.1, 0.15) is 5.03 Å². The lowest BCUT2D eigenvalue weighted by Gasteiger charge is -2.24. The van der Waals surface area contributed by atoms with Gasteiger partial charge in [-0.15, -0.1) is 11.8 Å². The van der Waals surface area contributed by atoms with Gasteiger partial charge in [0, 0.05) is 16.9 Å². The molecule has 1 aromatic heterocycles. The summed E-state index contributed by atoms with van der Waals surface area (Å²) in [5, 5.41) is 4.89. The first-order chi connectivity index (χ1) is 16.8. The first kappa shape index (κ1) is 24.2. The van der Waals surface area contributed by atoms with Crippen LogP contribution in [0.1, 0.15) is 59.4 Å². The predicted molar refractivity (Wildman–Crippen MR) is 145 cm³/mol. The molecule has 2 heterocycles. The van der Waals surface area contributed by atoms with E-state index in [0.717, 1.165) is 51.5 Å². The largest absolute Gasteiger partial charge is 0.325 e. The van der Waals surface area contributed by atoms with Crippen LogP contribution >= 0.6 is 23.5 Å². The second-order valence-electron chi connectivity index (χ2n) is 9.78. The third-order valence-corrected chi connectivity index (χ3v) is 9.32. The smallest absolute Gasteiger partial charge is 0.263 e. The highest BCUT2D eigenvalue weighted by atomic mass is 32.2. The van der Waals surface area contributed by atoms with Crippen LogP contribution < -0.4 is 10.9 Å². The first-order valence-electron chi connectivity index (χ1n) is 12.2. The highest BCUT2D eigenvalue weighted by molar-refractivity contribution is 8.00. The molecule has 1 aliphatic heterocycles. The lowest BCUT2D eigenvalue weighted by atomic mass is 9.85. The number of benzene rings is 2. The number of rotatable bonds is 5. The maximum Gasteiger partial charge on any atom is 0.263 e. The molecule has 5 nitrogen and oxygen atoms in total. The summed E-state index contributed by atoms with van der Waals surface area (Å²) in [5.74, 6) is 0.358. The topological polar surface area (TPSA) is 64.0 Å². The van der Waals surface area contributed by atoms with E-state index in [1.54, 1.807) is 16.3 Å². The molecule has 5 rings (SSSR count). The van der Waals surface area contributed by atoms with Crippen LogP contribution in [0, 0.1) is 27.7 Å². The van der Waals surface area contributed by atoms with Crippen LogP contribution in [0.5, 0.6) is 0 Å². The Morgan fingerprint density at radius 1 is 1.06 bits per heavy atom. The molecule has 0 saturated heterocycles. The van der Waals surface area contributed by atoms with E-state index in [0.29, 0.717) is 10.4 Å². The van der Waals surface area contributed by atoms with Crippen molar-refractivity contribution in [1.82, 2.24) is 9.55 Å². The lowest BCUT2D eigenvalue weighted by Crippen LogP contribution is -2.29. The number of nitrogens with zero attached hydrogens (tertiary/aromatic N) is 2. The first-order valence-corrected chi connectivity index (χ1v) is 14.1. The molecule has 0 radical (unpaired) electrons. The molecule has 35 heavy (non-hydrogen) atoms. The molecule has 1 N–H and O–H groups in total. The molecule has 182 valence electrons. The van der Waals surface area contributed by atoms with Gasteiger partial charge in [-0.05, 0) is 87.1 Å². The third-order valence-electron chi connectivity index (χ3n) is 6.98. The van der Waals surface area contributed by atoms with E-state index >= 15 is 0 Å². The number of aromatic nitrogens is 2. The number of thioether (sulfide) groups is 2. The summed E-state index contributed by atoms with van der Waals surface area (Å²) in [6.45, 7) is 8.16. The summed E-state index contributed by atoms with van der Waals surface area (Å²) in [4.78, 5) is 31.7. The fourth-order valence-corrected chi connectivity index (χ4v) is 7.55. The number of aryl methyl sites for hydroxylation is 4. The van der Waals surface area contributed by atoms with Gasteiger partial charge < -0.3 is 5.32 Å². The number of hydrogen-bond acceptors (Lipinski definition) is 5. The molecule has 7 heteroatoms. The zero-order valence-corrected chi connectivity index (χ0v) is 22.3. The molecule has 2 aromatic carbocycles. The van der Waals surface area contributed by atoms with Crippen molar-refractivity contribution in [2.75, 3.05) is 11.1 Å². The number of anilines is 1. The van der Waals surface area contributed by atoms with Crippen molar-refractivity contribution in [2.45, 2.75) is 74.7 Å². The van der Waals surface area contributed by atoms with Gasteiger partial charge in [-0.1, -0.05) is 36.7 Å². The molecule has 0 spiro atoms. The van der Waals surface area contributed by atoms with Gasteiger partial charge in [0.25, 0.3) is 5.56 Å². The van der Waals surface area contributed by atoms with E-state index in [4.69, 9.17) is 4.98 Å². The van der Waals surface area contributed by atoms with Gasteiger partial charge in [0.2, 0.25) is 5.91 Å². The summed E-state index contributed by atoms with van der Waals surface area (Å²) >= 11 is 3.09. The van der Waals surface area contributed by atoms with Gasteiger partial charge in [-0.2, -0.15) is 0 Å². The molecule has 1 aliphatic carbocycles. The summed E-state index contributed by atoms with van der Waals surface area (Å²) < 4.78 is 1.73. The Kier molecular flexibility index (Phi) is 6.82. The van der Waals surface area contributed by atoms with E-state index in [2.05, 4.69) is 25.2 Å². The normalized spacial score (nSPS) is 18.7. The fourth-order valence-electron chi connectivity index (χ4n) is 5.18. The zero-order valence-electron chi connectivity index (χ0n) is 20.7. The Morgan fingerprint density at radius 2 is 1.80 bits per heavy atom. The molecule has 0 bridgehead atoms. The Labute approximate surface area is 215 Å². The van der Waals surface area contributed by atoms with Crippen molar-refractivity contribution in [1.29, 1.82) is 0 Å². The summed E-state index contributed by atoms with van der Waals surface area (Å²) in [7, 11) is 0. The monoisotopic (exact) mass is 505 g/mol. The van der Waals surface area contributed by atoms with Gasteiger partial charge in [0.05, 0.1) is 17.0 Å². The number of hydrogen-bond donors (Lipinski definition) is 1. The summed E-state index contributed by atoms with van der Waals surface area (Å²) in [6.07, 6.45) is 4.57. The predicted octanol–water partition coefficient (Wildman–Crippen LogP) is 6.33. The molecule has 1 fully saturated rings. The molecule has 2 aliphatic rings. The fraction of sp³-hybridized carbons (Fsp3) is 0.393. The second-order valence-corrected chi connectivity index (χ2v) is 12.0. The Bertz CT molecular complexity index is 1340. The number of carbonyl (C=O) groups excluding carboxylic acids is 1. The molecule has 1 saturated carbocycles. The highest BCUT2D eigenvalue weighted by Gasteiger charge is 2.39. The van der Waals surface area contributed by atoms with Gasteiger partial charge >= 0.3 is 0 Å². The maximum atomic E-state index is 13.9. The Morgan fingerprint density at radius 3 is 2.54 bits per heavy atom. The second kappa shape index (κ2) is 9.86. The van der Waals surface area contributed by atoms with Crippen LogP contribution in [0.15, 0.2) is 51.4 Å². The van der Waals surface area contributed by atoms with Crippen molar-refractivity contribution in [3.05, 3.63) is 74.6 Å². The number of nitrogens with one attached hydrogen (secondary N) is 1. The average Bonchev–Trinajstić information content (AvgIpc) is 3.18. The van der Waals surface area contributed by atoms with E-state index in [1.165, 1.54) is 30.2 Å². The maximum absolute atomic E-state index is 13.9. The molecule has 2 atom stereocenters. The molecular weight excluding hydrogens is 474 g/mol. The Hall–Kier alpha value is -2.51. The van der Waals surface area contributed by atoms with E-state index in [-0.39, 0.29) is 23.1 Å². The average molecular weight is 506 g/mol. The van der Waals surface area contributed by atoms with Crippen molar-refractivity contribution >= 4 is 35.1 Å². The van der Waals surface area contributed by atoms with Crippen LogP contribution in [-0.4, -0.2) is 26.5 Å². The van der Waals surface area contributed by atoms with Crippen molar-refractivity contribution in [2.24, 2.45) is 0 Å². The van der Waals surface area contributed by atoms with E-state index < -0.39 is 0 Å². The van der Waals surface area contributed by atoms with Gasteiger partial charge in [-0.25, -0.2) is 4.98 Å². The minimum atomic E-state index is -0.109. The van der Waals surface area contributed by atoms with Crippen LogP contribution in [0.2, 0.25) is 0 Å². The zero-order chi connectivity index (χ0) is 24.7. The number of carbonyl (C=O) groups is 1. The van der Waals surface area contributed by atoms with E-state index in [1.807, 2.05) is 44.2 Å². The molecular formula is C28H31N3O2S2. The molecule has 1 amide bonds. The SMILES string of the molecule is Cc1cc(C)cc(NC(=O)CSc2nc3c(c(=O)n2-c2ccc(C)c(C)c2)C2CCCCC2S3)c1. The van der Waals surface area contributed by atoms with Crippen molar-refractivity contribution in [3.63, 3.8) is 0 Å². The van der Waals surface area contributed by atoms with Crippen LogP contribution in [0.3, 0.4) is 0 Å². The van der Waals surface area contributed by atoms with Crippen LogP contribution in [0.4, 0.5) is 5.69 Å². The van der Waals surface area contributed by atoms with Crippen LogP contribution in [-0.2, 0) is 4.79 Å². The summed E-state index contributed by atoms with van der Waals surface area (Å²) in [5.41, 5.74) is 7.03. The standard InChI is InChI=1S/C28H31N3O2S2/c1-16-11-17(2)13-20(12-16)29-24(32)15-34-28-30-26-25(22-7-5-6-8-23(22)35-26)27(33)31(28)21-10-9-18(3)19(4)14-21/h9-14,22-23H,5-8,15H2,1-4H3,(H,29,32). The number of fused-ring (bicyclic) bond motifs is 3. The molecule has 2 unspecified atom stereocenters. The lowest BCUT2D eigenvalue weighted by molar-refractivity contribution is -0.113. The van der Waals surface area contributed by atoms with Gasteiger partial charge in [0.15, 0.2) is 5.16 Å². The number of amides is 1. The van der Waals surface area contributed by atoms with Crippen LogP contribution in [0.25, 0.3) is 5.69 Å². The third kappa shape index (κ3) is 4.94. The molecule has 3 aromatic rings. The quantitative estimate of drug-likeness (QED) is 0.249. The van der Waals surface area contributed by atoms with Gasteiger partial charge in [-0.3, -0.25) is 14.2 Å². The minimum Gasteiger partial charge on any atom is -0.325 e. The van der Waals surface area contributed by atoms with E-state index in [9.17, 15) is 9.59 Å². The Balaban J connectivity index is 1.48. The minimum absolute atomic E-state index is 0.0253. The summed E-state index contributed by atoms with van der Waals surface area (Å²) in [6, 6.07) is 12.1. The van der Waals surface area contributed by atoms with Crippen molar-refractivity contribution in [3.8, 4) is 5.69 Å². The highest BCUT2D eigenvalue weighted by Crippen LogP contribution is 2.50. The van der Waals surface area contributed by atoms with Crippen molar-refractivity contribution < 1.29 is 4.79 Å².